The van der Waals surface area contributed by atoms with E-state index in [9.17, 15) is 14.4 Å². The van der Waals surface area contributed by atoms with Crippen LogP contribution in [0.15, 0.2) is 73.1 Å². The first-order chi connectivity index (χ1) is 17.0. The molecule has 180 valence electrons. The summed E-state index contributed by atoms with van der Waals surface area (Å²) in [6.07, 6.45) is 6.70. The molecule has 8 nitrogen and oxygen atoms in total. The topological polar surface area (TPSA) is 120 Å². The number of rotatable bonds is 9. The summed E-state index contributed by atoms with van der Waals surface area (Å²) < 4.78 is 0. The third-order valence-corrected chi connectivity index (χ3v) is 6.32. The predicted octanol–water partition coefficient (Wildman–Crippen LogP) is 3.75. The number of carboxylic acid groups (broad SMARTS) is 1. The molecule has 2 aromatic carbocycles. The molecule has 0 saturated carbocycles. The van der Waals surface area contributed by atoms with E-state index < -0.39 is 11.8 Å². The van der Waals surface area contributed by atoms with Gasteiger partial charge in [-0.15, -0.1) is 0 Å². The number of carboxylic acids is 1. The molecule has 0 bridgehead atoms. The highest BCUT2D eigenvalue weighted by atomic mass is 16.4. The average molecular weight is 473 g/mol. The summed E-state index contributed by atoms with van der Waals surface area (Å²) in [6, 6.07) is 18.0. The van der Waals surface area contributed by atoms with Crippen LogP contribution in [-0.4, -0.2) is 34.4 Å². The lowest BCUT2D eigenvalue weighted by atomic mass is 9.78. The van der Waals surface area contributed by atoms with Crippen LogP contribution < -0.4 is 16.2 Å². The number of hydrogen-bond donors (Lipinski definition) is 4. The Bertz CT molecular complexity index is 1140. The monoisotopic (exact) mass is 472 g/mol. The van der Waals surface area contributed by atoms with Crippen LogP contribution >= 0.6 is 0 Å². The number of amides is 2. The van der Waals surface area contributed by atoms with E-state index in [1.165, 1.54) is 0 Å². The molecule has 0 fully saturated rings. The Morgan fingerprint density at radius 2 is 1.80 bits per heavy atom. The van der Waals surface area contributed by atoms with Crippen LogP contribution in [0.2, 0.25) is 0 Å². The number of pyridine rings is 1. The lowest BCUT2D eigenvalue weighted by Crippen LogP contribution is -2.46. The number of nitrogens with one attached hydrogen (secondary N) is 3. The number of hydrogen-bond acceptors (Lipinski definition) is 5. The maximum absolute atomic E-state index is 12.6. The third kappa shape index (κ3) is 5.91. The van der Waals surface area contributed by atoms with Crippen LogP contribution in [0.5, 0.6) is 0 Å². The SMILES string of the molecule is O=C(NNCCC1CCCc2c(C(=O)C(=O)O)cccc21)NC(c1ccccc1)c1cccnc1. The number of aliphatic carboxylic acids is 1. The summed E-state index contributed by atoms with van der Waals surface area (Å²) in [6.45, 7) is 0.525. The minimum atomic E-state index is -1.43. The van der Waals surface area contributed by atoms with E-state index in [1.54, 1.807) is 24.5 Å². The summed E-state index contributed by atoms with van der Waals surface area (Å²) in [4.78, 5) is 40.1. The Morgan fingerprint density at radius 3 is 2.54 bits per heavy atom. The van der Waals surface area contributed by atoms with Crippen molar-refractivity contribution >= 4 is 17.8 Å². The number of fused-ring (bicyclic) bond motifs is 1. The molecule has 35 heavy (non-hydrogen) atoms. The highest BCUT2D eigenvalue weighted by Gasteiger charge is 2.26. The first kappa shape index (κ1) is 24.1. The molecule has 1 heterocycles. The number of nitrogens with zero attached hydrogens (tertiary/aromatic N) is 1. The molecule has 2 amide bonds. The maximum Gasteiger partial charge on any atom is 0.377 e. The van der Waals surface area contributed by atoms with Crippen molar-refractivity contribution in [3.63, 3.8) is 0 Å². The van der Waals surface area contributed by atoms with Gasteiger partial charge in [0.1, 0.15) is 0 Å². The van der Waals surface area contributed by atoms with Crippen LogP contribution in [0.25, 0.3) is 0 Å². The Hall–Kier alpha value is -4.04. The number of carbonyl (C=O) groups is 3. The van der Waals surface area contributed by atoms with E-state index in [-0.39, 0.29) is 23.6 Å². The van der Waals surface area contributed by atoms with E-state index in [4.69, 9.17) is 5.11 Å². The molecular weight excluding hydrogens is 444 g/mol. The second-order valence-corrected chi connectivity index (χ2v) is 8.54. The number of benzene rings is 2. The van der Waals surface area contributed by atoms with Crippen molar-refractivity contribution in [2.45, 2.75) is 37.6 Å². The molecule has 2 unspecified atom stereocenters. The van der Waals surface area contributed by atoms with Crippen molar-refractivity contribution in [2.24, 2.45) is 0 Å². The van der Waals surface area contributed by atoms with E-state index >= 15 is 0 Å². The number of hydrazine groups is 1. The molecule has 2 atom stereocenters. The van der Waals surface area contributed by atoms with Crippen LogP contribution in [0, 0.1) is 0 Å². The zero-order valence-electron chi connectivity index (χ0n) is 19.2. The minimum Gasteiger partial charge on any atom is -0.475 e. The fourth-order valence-electron chi connectivity index (χ4n) is 4.68. The Kier molecular flexibility index (Phi) is 7.84. The van der Waals surface area contributed by atoms with Gasteiger partial charge in [0, 0.05) is 24.5 Å². The van der Waals surface area contributed by atoms with Crippen LogP contribution in [0.1, 0.15) is 63.8 Å². The zero-order chi connectivity index (χ0) is 24.6. The van der Waals surface area contributed by atoms with E-state index in [0.29, 0.717) is 13.0 Å². The van der Waals surface area contributed by atoms with E-state index in [1.807, 2.05) is 48.5 Å². The molecule has 1 aliphatic carbocycles. The summed E-state index contributed by atoms with van der Waals surface area (Å²) in [5.41, 5.74) is 9.66. The molecule has 4 rings (SSSR count). The molecule has 0 aliphatic heterocycles. The summed E-state index contributed by atoms with van der Waals surface area (Å²) >= 11 is 0. The fourth-order valence-corrected chi connectivity index (χ4v) is 4.68. The smallest absolute Gasteiger partial charge is 0.377 e. The first-order valence-corrected chi connectivity index (χ1v) is 11.7. The van der Waals surface area contributed by atoms with Crippen molar-refractivity contribution in [2.75, 3.05) is 6.54 Å². The molecule has 0 radical (unpaired) electrons. The largest absolute Gasteiger partial charge is 0.475 e. The van der Waals surface area contributed by atoms with Gasteiger partial charge in [0.05, 0.1) is 6.04 Å². The van der Waals surface area contributed by atoms with Gasteiger partial charge in [-0.25, -0.2) is 15.0 Å². The molecule has 0 spiro atoms. The molecule has 8 heteroatoms. The average Bonchev–Trinajstić information content (AvgIpc) is 2.90. The van der Waals surface area contributed by atoms with Gasteiger partial charge in [-0.1, -0.05) is 54.6 Å². The number of aromatic nitrogens is 1. The van der Waals surface area contributed by atoms with Gasteiger partial charge in [0.15, 0.2) is 0 Å². The van der Waals surface area contributed by atoms with Crippen molar-refractivity contribution in [3.8, 4) is 0 Å². The van der Waals surface area contributed by atoms with Gasteiger partial charge >= 0.3 is 12.0 Å². The molecule has 3 aromatic rings. The summed E-state index contributed by atoms with van der Waals surface area (Å²) in [5, 5.41) is 12.1. The lowest BCUT2D eigenvalue weighted by molar-refractivity contribution is -0.131. The Morgan fingerprint density at radius 1 is 1.00 bits per heavy atom. The van der Waals surface area contributed by atoms with Gasteiger partial charge in [-0.3, -0.25) is 15.2 Å². The minimum absolute atomic E-state index is 0.185. The Labute approximate surface area is 203 Å². The second kappa shape index (κ2) is 11.4. The zero-order valence-corrected chi connectivity index (χ0v) is 19.2. The predicted molar refractivity (Wildman–Crippen MR) is 131 cm³/mol. The quantitative estimate of drug-likeness (QED) is 0.163. The van der Waals surface area contributed by atoms with Crippen molar-refractivity contribution in [1.29, 1.82) is 0 Å². The van der Waals surface area contributed by atoms with Crippen molar-refractivity contribution < 1.29 is 19.5 Å². The van der Waals surface area contributed by atoms with Crippen LogP contribution in [0.4, 0.5) is 4.79 Å². The lowest BCUT2D eigenvalue weighted by Gasteiger charge is -2.27. The summed E-state index contributed by atoms with van der Waals surface area (Å²) in [5.74, 6) is -2.11. The molecule has 1 aromatic heterocycles. The van der Waals surface area contributed by atoms with E-state index in [0.717, 1.165) is 41.5 Å². The van der Waals surface area contributed by atoms with Gasteiger partial charge in [-0.05, 0) is 59.9 Å². The van der Waals surface area contributed by atoms with Crippen LogP contribution in [0.3, 0.4) is 0 Å². The van der Waals surface area contributed by atoms with Gasteiger partial charge < -0.3 is 10.4 Å². The second-order valence-electron chi connectivity index (χ2n) is 8.54. The maximum atomic E-state index is 12.6. The normalized spacial score (nSPS) is 15.5. The van der Waals surface area contributed by atoms with Crippen LogP contribution in [-0.2, 0) is 11.2 Å². The van der Waals surface area contributed by atoms with Gasteiger partial charge in [0.25, 0.3) is 5.78 Å². The molecule has 4 N–H and O–H groups in total. The first-order valence-electron chi connectivity index (χ1n) is 11.7. The highest BCUT2D eigenvalue weighted by Crippen LogP contribution is 2.35. The van der Waals surface area contributed by atoms with Gasteiger partial charge in [0.2, 0.25) is 0 Å². The number of carbonyl (C=O) groups excluding carboxylic acids is 2. The Balaban J connectivity index is 1.34. The molecular formula is C27H28N4O4. The third-order valence-electron chi connectivity index (χ3n) is 6.32. The standard InChI is InChI=1S/C27H28N4O4/c32-25(26(33)34)23-13-5-11-21-18(9-4-12-22(21)23)14-16-29-31-27(35)30-24(19-7-2-1-3-8-19)20-10-6-15-28-17-20/h1-3,5-8,10-11,13,15,17-18,24,29H,4,9,12,14,16H2,(H,33,34)(H2,30,31,35). The molecule has 1 aliphatic rings. The van der Waals surface area contributed by atoms with E-state index in [2.05, 4.69) is 21.2 Å². The number of Topliss-reactive ketones (excluding diaryl/α,β-unsaturated/α-hetero) is 1. The van der Waals surface area contributed by atoms with Gasteiger partial charge in [-0.2, -0.15) is 0 Å². The fraction of sp³-hybridized carbons (Fsp3) is 0.259. The van der Waals surface area contributed by atoms with Crippen molar-refractivity contribution in [3.05, 3.63) is 101 Å². The number of ketones is 1. The molecule has 0 saturated heterocycles. The number of urea groups is 1. The summed E-state index contributed by atoms with van der Waals surface area (Å²) in [7, 11) is 0. The highest BCUT2D eigenvalue weighted by molar-refractivity contribution is 6.40. The van der Waals surface area contributed by atoms with Crippen molar-refractivity contribution in [1.82, 2.24) is 21.2 Å².